The van der Waals surface area contributed by atoms with E-state index in [1.165, 1.54) is 0 Å². The Hall–Kier alpha value is -3.00. The highest BCUT2D eigenvalue weighted by Crippen LogP contribution is 2.25. The van der Waals surface area contributed by atoms with Gasteiger partial charge >= 0.3 is 5.97 Å². The number of nitrogens with two attached hydrogens (primary N) is 1. The number of nitriles is 1. The Morgan fingerprint density at radius 1 is 1.25 bits per heavy atom. The Kier molecular flexibility index (Phi) is 5.80. The van der Waals surface area contributed by atoms with Gasteiger partial charge in [-0.05, 0) is 54.8 Å². The molecule has 0 fully saturated rings. The van der Waals surface area contributed by atoms with Gasteiger partial charge in [0.15, 0.2) is 6.04 Å². The van der Waals surface area contributed by atoms with E-state index in [4.69, 9.17) is 15.7 Å². The van der Waals surface area contributed by atoms with Gasteiger partial charge in [-0.25, -0.2) is 4.79 Å². The van der Waals surface area contributed by atoms with Crippen molar-refractivity contribution < 1.29 is 9.53 Å². The fourth-order valence-electron chi connectivity index (χ4n) is 2.42. The standard InChI is InChI=1S/C19H21N3O2/c1-3-14-11-15(7-10-17(14)21)18(19(23)24-4-2)22-16-8-5-13(12-20)6-9-16/h5-11,18,22H,3-4,21H2,1-2H3. The number of aryl methyl sites for hydroxylation is 1. The van der Waals surface area contributed by atoms with E-state index >= 15 is 0 Å². The number of hydrogen-bond donors (Lipinski definition) is 2. The highest BCUT2D eigenvalue weighted by atomic mass is 16.5. The van der Waals surface area contributed by atoms with Gasteiger partial charge in [0.05, 0.1) is 18.2 Å². The summed E-state index contributed by atoms with van der Waals surface area (Å²) in [7, 11) is 0. The minimum absolute atomic E-state index is 0.306. The number of nitrogens with zero attached hydrogens (tertiary/aromatic N) is 1. The van der Waals surface area contributed by atoms with Crippen LogP contribution in [0.5, 0.6) is 0 Å². The molecule has 0 aliphatic carbocycles. The molecule has 0 saturated carbocycles. The highest BCUT2D eigenvalue weighted by molar-refractivity contribution is 5.81. The lowest BCUT2D eigenvalue weighted by molar-refractivity contribution is -0.144. The summed E-state index contributed by atoms with van der Waals surface area (Å²) in [5.74, 6) is -0.353. The first kappa shape index (κ1) is 17.4. The second kappa shape index (κ2) is 8.02. The average molecular weight is 323 g/mol. The van der Waals surface area contributed by atoms with Crippen LogP contribution in [0.2, 0.25) is 0 Å². The summed E-state index contributed by atoms with van der Waals surface area (Å²) in [6, 6.07) is 13.9. The lowest BCUT2D eigenvalue weighted by atomic mass is 10.0. The number of ether oxygens (including phenoxy) is 1. The average Bonchev–Trinajstić information content (AvgIpc) is 2.61. The van der Waals surface area contributed by atoms with Crippen LogP contribution in [-0.2, 0) is 16.0 Å². The monoisotopic (exact) mass is 323 g/mol. The molecule has 1 unspecified atom stereocenters. The third-order valence-electron chi connectivity index (χ3n) is 3.73. The lowest BCUT2D eigenvalue weighted by Gasteiger charge is -2.20. The molecular formula is C19H21N3O2. The first-order valence-corrected chi connectivity index (χ1v) is 7.90. The molecule has 0 aliphatic rings. The normalized spacial score (nSPS) is 11.4. The van der Waals surface area contributed by atoms with Gasteiger partial charge in [-0.15, -0.1) is 0 Å². The molecule has 0 amide bonds. The number of anilines is 2. The largest absolute Gasteiger partial charge is 0.464 e. The lowest BCUT2D eigenvalue weighted by Crippen LogP contribution is -2.23. The molecular weight excluding hydrogens is 302 g/mol. The number of nitrogen functional groups attached to an aromatic ring is 1. The SMILES string of the molecule is CCOC(=O)C(Nc1ccc(C#N)cc1)c1ccc(N)c(CC)c1. The van der Waals surface area contributed by atoms with Crippen LogP contribution in [0.15, 0.2) is 42.5 Å². The molecule has 5 nitrogen and oxygen atoms in total. The van der Waals surface area contributed by atoms with Gasteiger partial charge < -0.3 is 15.8 Å². The molecule has 0 aromatic heterocycles. The molecule has 124 valence electrons. The summed E-state index contributed by atoms with van der Waals surface area (Å²) in [4.78, 5) is 12.4. The van der Waals surface area contributed by atoms with E-state index in [0.29, 0.717) is 17.9 Å². The second-order valence-corrected chi connectivity index (χ2v) is 5.33. The van der Waals surface area contributed by atoms with Gasteiger partial charge in [0.1, 0.15) is 0 Å². The van der Waals surface area contributed by atoms with Crippen molar-refractivity contribution in [3.05, 3.63) is 59.2 Å². The molecule has 0 radical (unpaired) electrons. The maximum atomic E-state index is 12.4. The summed E-state index contributed by atoms with van der Waals surface area (Å²) in [6.07, 6.45) is 0.784. The van der Waals surface area contributed by atoms with Crippen molar-refractivity contribution in [3.63, 3.8) is 0 Å². The molecule has 2 aromatic carbocycles. The molecule has 3 N–H and O–H groups in total. The summed E-state index contributed by atoms with van der Waals surface area (Å²) in [5, 5.41) is 12.1. The molecule has 0 bridgehead atoms. The molecule has 1 atom stereocenters. The number of esters is 1. The third-order valence-corrected chi connectivity index (χ3v) is 3.73. The summed E-state index contributed by atoms with van der Waals surface area (Å²) >= 11 is 0. The zero-order chi connectivity index (χ0) is 17.5. The van der Waals surface area contributed by atoms with Gasteiger partial charge in [0, 0.05) is 11.4 Å². The molecule has 2 aromatic rings. The number of carbonyl (C=O) groups excluding carboxylic acids is 1. The number of hydrogen-bond acceptors (Lipinski definition) is 5. The number of nitrogens with one attached hydrogen (secondary N) is 1. The summed E-state index contributed by atoms with van der Waals surface area (Å²) < 4.78 is 5.19. The zero-order valence-electron chi connectivity index (χ0n) is 13.9. The van der Waals surface area contributed by atoms with Crippen molar-refractivity contribution >= 4 is 17.3 Å². The minimum Gasteiger partial charge on any atom is -0.464 e. The topological polar surface area (TPSA) is 88.1 Å². The maximum absolute atomic E-state index is 12.4. The number of carbonyl (C=O) groups is 1. The Morgan fingerprint density at radius 3 is 2.54 bits per heavy atom. The summed E-state index contributed by atoms with van der Waals surface area (Å²) in [5.41, 5.74) is 9.75. The van der Waals surface area contributed by atoms with Crippen molar-refractivity contribution in [2.24, 2.45) is 0 Å². The molecule has 0 saturated heterocycles. The van der Waals surface area contributed by atoms with Gasteiger partial charge in [-0.1, -0.05) is 19.1 Å². The van der Waals surface area contributed by atoms with Crippen LogP contribution >= 0.6 is 0 Å². The predicted octanol–water partition coefficient (Wildman–Crippen LogP) is 3.42. The van der Waals surface area contributed by atoms with Gasteiger partial charge in [0.25, 0.3) is 0 Å². The predicted molar refractivity (Wildman–Crippen MR) is 94.4 cm³/mol. The van der Waals surface area contributed by atoms with Crippen molar-refractivity contribution in [2.75, 3.05) is 17.7 Å². The molecule has 5 heteroatoms. The Labute approximate surface area is 142 Å². The number of benzene rings is 2. The van der Waals surface area contributed by atoms with E-state index < -0.39 is 6.04 Å². The maximum Gasteiger partial charge on any atom is 0.333 e. The zero-order valence-corrected chi connectivity index (χ0v) is 13.9. The fraction of sp³-hybridized carbons (Fsp3) is 0.263. The van der Waals surface area contributed by atoms with E-state index in [0.717, 1.165) is 23.2 Å². The van der Waals surface area contributed by atoms with Gasteiger partial charge in [-0.2, -0.15) is 5.26 Å². The highest BCUT2D eigenvalue weighted by Gasteiger charge is 2.22. The van der Waals surface area contributed by atoms with Crippen LogP contribution in [0, 0.1) is 11.3 Å². The van der Waals surface area contributed by atoms with E-state index in [1.807, 2.05) is 19.1 Å². The Bertz CT molecular complexity index is 748. The van der Waals surface area contributed by atoms with Crippen molar-refractivity contribution in [3.8, 4) is 6.07 Å². The first-order valence-electron chi connectivity index (χ1n) is 7.90. The minimum atomic E-state index is -0.635. The van der Waals surface area contributed by atoms with Crippen molar-refractivity contribution in [2.45, 2.75) is 26.3 Å². The van der Waals surface area contributed by atoms with Crippen LogP contribution in [-0.4, -0.2) is 12.6 Å². The number of rotatable bonds is 6. The van der Waals surface area contributed by atoms with Crippen LogP contribution in [0.1, 0.15) is 36.6 Å². The van der Waals surface area contributed by atoms with Gasteiger partial charge in [-0.3, -0.25) is 0 Å². The van der Waals surface area contributed by atoms with E-state index in [-0.39, 0.29) is 5.97 Å². The van der Waals surface area contributed by atoms with E-state index in [1.54, 1.807) is 37.3 Å². The van der Waals surface area contributed by atoms with E-state index in [2.05, 4.69) is 11.4 Å². The van der Waals surface area contributed by atoms with Crippen LogP contribution in [0.3, 0.4) is 0 Å². The van der Waals surface area contributed by atoms with Crippen molar-refractivity contribution in [1.29, 1.82) is 5.26 Å². The smallest absolute Gasteiger partial charge is 0.333 e. The molecule has 0 aliphatic heterocycles. The third kappa shape index (κ3) is 4.05. The molecule has 0 spiro atoms. The molecule has 24 heavy (non-hydrogen) atoms. The summed E-state index contributed by atoms with van der Waals surface area (Å²) in [6.45, 7) is 4.10. The van der Waals surface area contributed by atoms with Crippen LogP contribution in [0.25, 0.3) is 0 Å². The van der Waals surface area contributed by atoms with Crippen LogP contribution in [0.4, 0.5) is 11.4 Å². The first-order chi connectivity index (χ1) is 11.6. The second-order valence-electron chi connectivity index (χ2n) is 5.33. The van der Waals surface area contributed by atoms with Crippen molar-refractivity contribution in [1.82, 2.24) is 0 Å². The van der Waals surface area contributed by atoms with Crippen LogP contribution < -0.4 is 11.1 Å². The fourth-order valence-corrected chi connectivity index (χ4v) is 2.42. The Morgan fingerprint density at radius 2 is 1.96 bits per heavy atom. The molecule has 2 rings (SSSR count). The van der Waals surface area contributed by atoms with E-state index in [9.17, 15) is 4.79 Å². The molecule has 0 heterocycles. The Balaban J connectivity index is 2.33. The quantitative estimate of drug-likeness (QED) is 0.628. The van der Waals surface area contributed by atoms with Gasteiger partial charge in [0.2, 0.25) is 0 Å².